The zero-order chi connectivity index (χ0) is 7.56. The number of nitrogens with zero attached hydrogens (tertiary/aromatic N) is 1. The van der Waals surface area contributed by atoms with Crippen LogP contribution in [0.15, 0.2) is 11.9 Å². The van der Waals surface area contributed by atoms with Crippen molar-refractivity contribution < 1.29 is 9.90 Å². The van der Waals surface area contributed by atoms with E-state index in [2.05, 4.69) is 5.32 Å². The van der Waals surface area contributed by atoms with E-state index in [9.17, 15) is 4.79 Å². The molecule has 4 heteroatoms. The van der Waals surface area contributed by atoms with Gasteiger partial charge in [-0.05, 0) is 0 Å². The average Bonchev–Trinajstić information content (AvgIpc) is 2.15. The third-order valence-corrected chi connectivity index (χ3v) is 1.42. The molecule has 56 valence electrons. The lowest BCUT2D eigenvalue weighted by molar-refractivity contribution is -0.131. The van der Waals surface area contributed by atoms with Gasteiger partial charge in [-0.2, -0.15) is 0 Å². The summed E-state index contributed by atoms with van der Waals surface area (Å²) in [6.07, 6.45) is 1.17. The van der Waals surface area contributed by atoms with E-state index in [0.29, 0.717) is 5.82 Å². The normalized spacial score (nSPS) is 21.3. The highest BCUT2D eigenvalue weighted by atomic mass is 16.4. The first-order chi connectivity index (χ1) is 4.70. The summed E-state index contributed by atoms with van der Waals surface area (Å²) in [7, 11) is 1.86. The van der Waals surface area contributed by atoms with Crippen molar-refractivity contribution in [3.63, 3.8) is 0 Å². The van der Waals surface area contributed by atoms with Crippen LogP contribution in [0, 0.1) is 0 Å². The van der Waals surface area contributed by atoms with Gasteiger partial charge >= 0.3 is 5.97 Å². The van der Waals surface area contributed by atoms with Gasteiger partial charge < -0.3 is 15.3 Å². The van der Waals surface area contributed by atoms with E-state index in [1.54, 1.807) is 0 Å². The van der Waals surface area contributed by atoms with E-state index in [4.69, 9.17) is 5.11 Å². The van der Waals surface area contributed by atoms with E-state index in [1.807, 2.05) is 11.9 Å². The van der Waals surface area contributed by atoms with Crippen LogP contribution in [0.1, 0.15) is 0 Å². The van der Waals surface area contributed by atoms with Crippen LogP contribution >= 0.6 is 0 Å². The zero-order valence-corrected chi connectivity index (χ0v) is 5.79. The van der Waals surface area contributed by atoms with Gasteiger partial charge in [0.1, 0.15) is 5.82 Å². The molecule has 1 aliphatic rings. The molecule has 0 spiro atoms. The molecule has 0 bridgehead atoms. The molecule has 0 aromatic carbocycles. The Labute approximate surface area is 59.1 Å². The lowest BCUT2D eigenvalue weighted by Crippen LogP contribution is -2.15. The predicted octanol–water partition coefficient (Wildman–Crippen LogP) is -0.553. The van der Waals surface area contributed by atoms with Gasteiger partial charge in [0, 0.05) is 20.1 Å². The number of nitrogens with one attached hydrogen (secondary N) is 1. The highest BCUT2D eigenvalue weighted by molar-refractivity contribution is 5.80. The van der Waals surface area contributed by atoms with Gasteiger partial charge in [0.2, 0.25) is 0 Å². The lowest BCUT2D eigenvalue weighted by atomic mass is 10.5. The van der Waals surface area contributed by atoms with Gasteiger partial charge in [0.25, 0.3) is 0 Å². The topological polar surface area (TPSA) is 52.6 Å². The van der Waals surface area contributed by atoms with Gasteiger partial charge in [0.05, 0.1) is 6.08 Å². The summed E-state index contributed by atoms with van der Waals surface area (Å²) in [6.45, 7) is 1.70. The maximum Gasteiger partial charge on any atom is 0.331 e. The molecule has 1 fully saturated rings. The average molecular weight is 142 g/mol. The van der Waals surface area contributed by atoms with Crippen molar-refractivity contribution in [3.8, 4) is 0 Å². The molecule has 4 nitrogen and oxygen atoms in total. The van der Waals surface area contributed by atoms with Crippen LogP contribution in [0.25, 0.3) is 0 Å². The number of carbonyl (C=O) groups is 1. The number of rotatable bonds is 1. The number of carboxylic acids is 1. The zero-order valence-electron chi connectivity index (χ0n) is 5.79. The molecule has 10 heavy (non-hydrogen) atoms. The van der Waals surface area contributed by atoms with Crippen LogP contribution in [-0.4, -0.2) is 36.1 Å². The van der Waals surface area contributed by atoms with E-state index >= 15 is 0 Å². The number of hydrogen-bond donors (Lipinski definition) is 2. The van der Waals surface area contributed by atoms with Crippen molar-refractivity contribution in [1.82, 2.24) is 10.2 Å². The van der Waals surface area contributed by atoms with E-state index in [1.165, 1.54) is 6.08 Å². The Kier molecular flexibility index (Phi) is 1.80. The summed E-state index contributed by atoms with van der Waals surface area (Å²) in [5.74, 6) is -0.219. The smallest absolute Gasteiger partial charge is 0.331 e. The third kappa shape index (κ3) is 1.40. The monoisotopic (exact) mass is 142 g/mol. The molecular formula is C6H10N2O2. The molecule has 1 saturated heterocycles. The molecule has 0 aliphatic carbocycles. The van der Waals surface area contributed by atoms with E-state index in [-0.39, 0.29) is 0 Å². The van der Waals surface area contributed by atoms with Crippen molar-refractivity contribution in [2.75, 3.05) is 20.1 Å². The standard InChI is InChI=1S/C6H10N2O2/c1-8-3-2-7-5(8)4-6(9)10/h4,7H,2-3H2,1H3,(H,9,10)/b5-4+. The minimum atomic E-state index is -0.906. The molecule has 1 heterocycles. The molecule has 0 amide bonds. The van der Waals surface area contributed by atoms with Crippen LogP contribution in [0.4, 0.5) is 0 Å². The van der Waals surface area contributed by atoms with E-state index < -0.39 is 5.97 Å². The third-order valence-electron chi connectivity index (χ3n) is 1.42. The van der Waals surface area contributed by atoms with Crippen LogP contribution in [-0.2, 0) is 4.79 Å². The van der Waals surface area contributed by atoms with Crippen molar-refractivity contribution in [2.24, 2.45) is 0 Å². The lowest BCUT2D eigenvalue weighted by Gasteiger charge is -2.09. The predicted molar refractivity (Wildman–Crippen MR) is 36.4 cm³/mol. The Morgan fingerprint density at radius 3 is 3.00 bits per heavy atom. The Morgan fingerprint density at radius 2 is 2.60 bits per heavy atom. The maximum absolute atomic E-state index is 10.2. The second kappa shape index (κ2) is 2.60. The fourth-order valence-corrected chi connectivity index (χ4v) is 0.885. The fourth-order valence-electron chi connectivity index (χ4n) is 0.885. The summed E-state index contributed by atoms with van der Waals surface area (Å²) < 4.78 is 0. The first-order valence-electron chi connectivity index (χ1n) is 3.10. The first-order valence-corrected chi connectivity index (χ1v) is 3.10. The van der Waals surface area contributed by atoms with Crippen molar-refractivity contribution in [3.05, 3.63) is 11.9 Å². The molecule has 0 saturated carbocycles. The Bertz CT molecular complexity index is 177. The van der Waals surface area contributed by atoms with Crippen LogP contribution < -0.4 is 5.32 Å². The molecule has 0 aromatic rings. The maximum atomic E-state index is 10.2. The molecule has 0 radical (unpaired) electrons. The van der Waals surface area contributed by atoms with Crippen LogP contribution in [0.3, 0.4) is 0 Å². The fraction of sp³-hybridized carbons (Fsp3) is 0.500. The molecule has 0 atom stereocenters. The molecule has 2 N–H and O–H groups in total. The number of hydrogen-bond acceptors (Lipinski definition) is 3. The molecular weight excluding hydrogens is 132 g/mol. The highest BCUT2D eigenvalue weighted by Crippen LogP contribution is 2.01. The molecule has 0 aromatic heterocycles. The summed E-state index contributed by atoms with van der Waals surface area (Å²) in [6, 6.07) is 0. The minimum Gasteiger partial charge on any atom is -0.478 e. The van der Waals surface area contributed by atoms with Crippen LogP contribution in [0.5, 0.6) is 0 Å². The number of carboxylic acid groups (broad SMARTS) is 1. The number of likely N-dealkylation sites (N-methyl/N-ethyl adjacent to an activating group) is 1. The Morgan fingerprint density at radius 1 is 1.90 bits per heavy atom. The highest BCUT2D eigenvalue weighted by Gasteiger charge is 2.11. The van der Waals surface area contributed by atoms with Crippen molar-refractivity contribution in [2.45, 2.75) is 0 Å². The van der Waals surface area contributed by atoms with Crippen LogP contribution in [0.2, 0.25) is 0 Å². The first kappa shape index (κ1) is 6.92. The largest absolute Gasteiger partial charge is 0.478 e. The Hall–Kier alpha value is -1.19. The van der Waals surface area contributed by atoms with Gasteiger partial charge in [-0.25, -0.2) is 4.79 Å². The van der Waals surface area contributed by atoms with Gasteiger partial charge in [-0.3, -0.25) is 0 Å². The second-order valence-corrected chi connectivity index (χ2v) is 2.22. The molecule has 0 unspecified atom stereocenters. The van der Waals surface area contributed by atoms with Gasteiger partial charge in [0.15, 0.2) is 0 Å². The summed E-state index contributed by atoms with van der Waals surface area (Å²) in [4.78, 5) is 12.0. The van der Waals surface area contributed by atoms with E-state index in [0.717, 1.165) is 13.1 Å². The Balaban J connectivity index is 2.62. The van der Waals surface area contributed by atoms with Crippen molar-refractivity contribution in [1.29, 1.82) is 0 Å². The quantitative estimate of drug-likeness (QED) is 0.482. The number of aliphatic carboxylic acids is 1. The molecule has 1 aliphatic heterocycles. The summed E-state index contributed by atoms with van der Waals surface area (Å²) in [5.41, 5.74) is 0. The summed E-state index contributed by atoms with van der Waals surface area (Å²) >= 11 is 0. The molecule has 1 rings (SSSR count). The van der Waals surface area contributed by atoms with Gasteiger partial charge in [-0.1, -0.05) is 0 Å². The SMILES string of the molecule is CN1CCN/C1=C\C(=O)O. The van der Waals surface area contributed by atoms with Crippen molar-refractivity contribution >= 4 is 5.97 Å². The second-order valence-electron chi connectivity index (χ2n) is 2.22. The van der Waals surface area contributed by atoms with Gasteiger partial charge in [-0.15, -0.1) is 0 Å². The summed E-state index contributed by atoms with van der Waals surface area (Å²) in [5, 5.41) is 11.3. The minimum absolute atomic E-state index is 0.688.